The van der Waals surface area contributed by atoms with Crippen molar-refractivity contribution in [3.05, 3.63) is 39.8 Å². The van der Waals surface area contributed by atoms with Crippen LogP contribution in [0.25, 0.3) is 16.8 Å². The number of aromatic nitrogens is 1. The molecule has 1 aromatic heterocycles. The van der Waals surface area contributed by atoms with Crippen molar-refractivity contribution in [2.45, 2.75) is 25.7 Å². The van der Waals surface area contributed by atoms with E-state index in [1.807, 2.05) is 23.1 Å². The number of nitrogens with two attached hydrogens (primary N) is 1. The number of nitrogens with zero attached hydrogens (tertiary/aromatic N) is 2. The fourth-order valence-electron chi connectivity index (χ4n) is 3.55. The molecule has 0 aliphatic carbocycles. The highest BCUT2D eigenvalue weighted by molar-refractivity contribution is 7.14. The average molecular weight is 382 g/mol. The molecular weight excluding hydrogens is 360 g/mol. The van der Waals surface area contributed by atoms with E-state index >= 15 is 0 Å². The molecule has 6 nitrogen and oxygen atoms in total. The zero-order valence-electron chi connectivity index (χ0n) is 15.0. The summed E-state index contributed by atoms with van der Waals surface area (Å²) >= 11 is 1.48. The van der Waals surface area contributed by atoms with Gasteiger partial charge in [-0.15, -0.1) is 11.3 Å². The van der Waals surface area contributed by atoms with E-state index in [-0.39, 0.29) is 5.91 Å². The van der Waals surface area contributed by atoms with Gasteiger partial charge in [-0.1, -0.05) is 6.07 Å². The Morgan fingerprint density at radius 3 is 2.85 bits per heavy atom. The van der Waals surface area contributed by atoms with Gasteiger partial charge in [0.25, 0.3) is 5.91 Å². The third kappa shape index (κ3) is 3.35. The van der Waals surface area contributed by atoms with Crippen LogP contribution in [-0.2, 0) is 6.42 Å². The monoisotopic (exact) mass is 382 g/mol. The molecule has 1 saturated heterocycles. The fourth-order valence-corrected chi connectivity index (χ4v) is 4.58. The predicted molar refractivity (Wildman–Crippen MR) is 107 cm³/mol. The first-order valence-corrected chi connectivity index (χ1v) is 10.0. The van der Waals surface area contributed by atoms with Crippen LogP contribution < -0.4 is 10.5 Å². The number of carbonyl (C=O) groups is 1. The first-order chi connectivity index (χ1) is 13.2. The quantitative estimate of drug-likeness (QED) is 0.797. The summed E-state index contributed by atoms with van der Waals surface area (Å²) in [6, 6.07) is 5.74. The third-order valence-electron chi connectivity index (χ3n) is 5.02. The standard InChI is InChI=1S/C20H22N4O2S/c21-11-14(12-22)13-4-5-15-16(10-13)26-9-6-17-18(15)23-19(27-17)20(25)24-7-2-1-3-8-24/h4-5,10-12,21H,1-3,6-9,22H2/b14-12+,21-11?. The fraction of sp³-hybridized carbons (Fsp3) is 0.350. The minimum absolute atomic E-state index is 0.0454. The number of hydrogen-bond acceptors (Lipinski definition) is 6. The summed E-state index contributed by atoms with van der Waals surface area (Å²) in [5.41, 5.74) is 8.79. The molecule has 2 aromatic rings. The van der Waals surface area contributed by atoms with Crippen molar-refractivity contribution in [2.75, 3.05) is 19.7 Å². The Kier molecular flexibility index (Phi) is 4.94. The molecular formula is C20H22N4O2S. The number of rotatable bonds is 3. The van der Waals surface area contributed by atoms with Crippen LogP contribution >= 0.6 is 11.3 Å². The lowest BCUT2D eigenvalue weighted by Gasteiger charge is -2.25. The lowest BCUT2D eigenvalue weighted by Crippen LogP contribution is -2.35. The van der Waals surface area contributed by atoms with E-state index in [0.29, 0.717) is 17.2 Å². The first-order valence-electron chi connectivity index (χ1n) is 9.20. The average Bonchev–Trinajstić information content (AvgIpc) is 3.05. The maximum atomic E-state index is 12.8. The summed E-state index contributed by atoms with van der Waals surface area (Å²) in [6.07, 6.45) is 6.70. The van der Waals surface area contributed by atoms with Crippen LogP contribution in [0.4, 0.5) is 0 Å². The van der Waals surface area contributed by atoms with Crippen molar-refractivity contribution in [3.8, 4) is 17.0 Å². The highest BCUT2D eigenvalue weighted by Crippen LogP contribution is 2.39. The molecule has 7 heteroatoms. The van der Waals surface area contributed by atoms with Crippen LogP contribution in [0, 0.1) is 5.41 Å². The highest BCUT2D eigenvalue weighted by atomic mass is 32.1. The zero-order valence-corrected chi connectivity index (χ0v) is 15.8. The largest absolute Gasteiger partial charge is 0.492 e. The van der Waals surface area contributed by atoms with Crippen molar-refractivity contribution in [3.63, 3.8) is 0 Å². The van der Waals surface area contributed by atoms with Crippen LogP contribution in [0.2, 0.25) is 0 Å². The molecule has 1 fully saturated rings. The number of allylic oxidation sites excluding steroid dienone is 1. The molecule has 2 aliphatic heterocycles. The molecule has 140 valence electrons. The van der Waals surface area contributed by atoms with E-state index in [0.717, 1.165) is 59.8 Å². The highest BCUT2D eigenvalue weighted by Gasteiger charge is 2.26. The van der Waals surface area contributed by atoms with Crippen LogP contribution in [0.1, 0.15) is 39.5 Å². The molecule has 2 aliphatic rings. The number of piperidine rings is 1. The van der Waals surface area contributed by atoms with Crippen molar-refractivity contribution >= 4 is 29.0 Å². The van der Waals surface area contributed by atoms with Crippen LogP contribution in [0.3, 0.4) is 0 Å². The van der Waals surface area contributed by atoms with Crippen molar-refractivity contribution in [1.82, 2.24) is 9.88 Å². The van der Waals surface area contributed by atoms with Gasteiger partial charge >= 0.3 is 0 Å². The van der Waals surface area contributed by atoms with E-state index in [1.165, 1.54) is 30.2 Å². The molecule has 0 saturated carbocycles. The van der Waals surface area contributed by atoms with Gasteiger partial charge in [-0.2, -0.15) is 0 Å². The molecule has 0 atom stereocenters. The molecule has 0 bridgehead atoms. The Labute approximate surface area is 162 Å². The number of benzene rings is 1. The smallest absolute Gasteiger partial charge is 0.282 e. The number of likely N-dealkylation sites (tertiary alicyclic amines) is 1. The van der Waals surface area contributed by atoms with Gasteiger partial charge < -0.3 is 20.8 Å². The van der Waals surface area contributed by atoms with Crippen molar-refractivity contribution in [2.24, 2.45) is 5.73 Å². The molecule has 1 aromatic carbocycles. The molecule has 3 N–H and O–H groups in total. The molecule has 1 amide bonds. The molecule has 4 rings (SSSR count). The predicted octanol–water partition coefficient (Wildman–Crippen LogP) is 3.32. The van der Waals surface area contributed by atoms with Crippen molar-refractivity contribution < 1.29 is 9.53 Å². The molecule has 0 unspecified atom stereocenters. The lowest BCUT2D eigenvalue weighted by molar-refractivity contribution is 0.0724. The summed E-state index contributed by atoms with van der Waals surface area (Å²) in [6.45, 7) is 2.18. The molecule has 0 spiro atoms. The van der Waals surface area contributed by atoms with Gasteiger partial charge in [-0.3, -0.25) is 4.79 Å². The SMILES string of the molecule is N=C/C(=C\N)c1ccc2c(c1)OCCc1sc(C(=O)N3CCCCC3)nc1-2. The zero-order chi connectivity index (χ0) is 18.8. The van der Waals surface area contributed by atoms with Gasteiger partial charge in [0, 0.05) is 47.9 Å². The normalized spacial score (nSPS) is 16.7. The summed E-state index contributed by atoms with van der Waals surface area (Å²) in [5.74, 6) is 0.763. The molecule has 3 heterocycles. The Hall–Kier alpha value is -2.67. The van der Waals surface area contributed by atoms with Gasteiger partial charge in [0.1, 0.15) is 5.75 Å². The number of hydrogen-bond donors (Lipinski definition) is 2. The second kappa shape index (κ2) is 7.52. The van der Waals surface area contributed by atoms with E-state index in [4.69, 9.17) is 20.9 Å². The summed E-state index contributed by atoms with van der Waals surface area (Å²) in [5, 5.41) is 8.05. The maximum Gasteiger partial charge on any atom is 0.282 e. The van der Waals surface area contributed by atoms with Crippen LogP contribution in [-0.4, -0.2) is 41.7 Å². The second-order valence-electron chi connectivity index (χ2n) is 6.72. The Bertz CT molecular complexity index is 913. The van der Waals surface area contributed by atoms with E-state index in [1.54, 1.807) is 0 Å². The van der Waals surface area contributed by atoms with Gasteiger partial charge in [-0.05, 0) is 37.0 Å². The Morgan fingerprint density at radius 1 is 1.30 bits per heavy atom. The second-order valence-corrected chi connectivity index (χ2v) is 7.80. The molecule has 0 radical (unpaired) electrons. The first kappa shape index (κ1) is 17.7. The molecule has 27 heavy (non-hydrogen) atoms. The van der Waals surface area contributed by atoms with Crippen LogP contribution in [0.5, 0.6) is 5.75 Å². The van der Waals surface area contributed by atoms with Gasteiger partial charge in [-0.25, -0.2) is 4.98 Å². The van der Waals surface area contributed by atoms with Gasteiger partial charge in [0.15, 0.2) is 5.01 Å². The number of nitrogens with one attached hydrogen (secondary N) is 1. The van der Waals surface area contributed by atoms with E-state index in [9.17, 15) is 4.79 Å². The minimum Gasteiger partial charge on any atom is -0.492 e. The number of carbonyl (C=O) groups excluding carboxylic acids is 1. The van der Waals surface area contributed by atoms with Crippen molar-refractivity contribution in [1.29, 1.82) is 5.41 Å². The lowest BCUT2D eigenvalue weighted by atomic mass is 10.0. The number of fused-ring (bicyclic) bond motifs is 3. The number of ether oxygens (including phenoxy) is 1. The number of thiazole rings is 1. The van der Waals surface area contributed by atoms with Gasteiger partial charge in [0.2, 0.25) is 0 Å². The summed E-state index contributed by atoms with van der Waals surface area (Å²) in [4.78, 5) is 20.5. The topological polar surface area (TPSA) is 92.3 Å². The minimum atomic E-state index is 0.0454. The van der Waals surface area contributed by atoms with Crippen LogP contribution in [0.15, 0.2) is 24.4 Å². The Balaban J connectivity index is 1.70. The Morgan fingerprint density at radius 2 is 2.11 bits per heavy atom. The number of amides is 1. The van der Waals surface area contributed by atoms with Gasteiger partial charge in [0.05, 0.1) is 12.3 Å². The van der Waals surface area contributed by atoms with E-state index < -0.39 is 0 Å². The third-order valence-corrected chi connectivity index (χ3v) is 6.12. The maximum absolute atomic E-state index is 12.8. The summed E-state index contributed by atoms with van der Waals surface area (Å²) < 4.78 is 5.91. The van der Waals surface area contributed by atoms with E-state index in [2.05, 4.69) is 0 Å². The summed E-state index contributed by atoms with van der Waals surface area (Å²) in [7, 11) is 0.